The highest BCUT2D eigenvalue weighted by atomic mass is 32.2. The van der Waals surface area contributed by atoms with Crippen LogP contribution in [0, 0.1) is 6.92 Å². The Morgan fingerprint density at radius 1 is 1.16 bits per heavy atom. The van der Waals surface area contributed by atoms with Gasteiger partial charge in [-0.15, -0.1) is 0 Å². The minimum atomic E-state index is -0.216. The Hall–Kier alpha value is -2.97. The summed E-state index contributed by atoms with van der Waals surface area (Å²) in [5.74, 6) is 0.312. The van der Waals surface area contributed by atoms with Gasteiger partial charge in [0.2, 0.25) is 0 Å². The number of nitrogens with one attached hydrogen (secondary N) is 1. The van der Waals surface area contributed by atoms with Crippen LogP contribution >= 0.6 is 24.0 Å². The third kappa shape index (κ3) is 4.47. The van der Waals surface area contributed by atoms with Crippen molar-refractivity contribution in [3.63, 3.8) is 0 Å². The van der Waals surface area contributed by atoms with Gasteiger partial charge in [-0.25, -0.2) is 4.98 Å². The molecule has 1 aliphatic rings. The molecule has 0 bridgehead atoms. The number of thioether (sulfide) groups is 1. The second-order valence-corrected chi connectivity index (χ2v) is 9.24. The Morgan fingerprint density at radius 3 is 2.69 bits per heavy atom. The number of hydrogen-bond acceptors (Lipinski definition) is 6. The lowest BCUT2D eigenvalue weighted by atomic mass is 10.1. The zero-order chi connectivity index (χ0) is 22.7. The van der Waals surface area contributed by atoms with Crippen molar-refractivity contribution in [1.29, 1.82) is 0 Å². The largest absolute Gasteiger partial charge is 0.369 e. The zero-order valence-corrected chi connectivity index (χ0v) is 19.6. The first-order valence-corrected chi connectivity index (χ1v) is 11.8. The maximum absolute atomic E-state index is 13.3. The number of carbonyl (C=O) groups is 1. The summed E-state index contributed by atoms with van der Waals surface area (Å²) in [4.78, 5) is 33.1. The lowest BCUT2D eigenvalue weighted by Gasteiger charge is -2.14. The van der Waals surface area contributed by atoms with Crippen LogP contribution in [-0.2, 0) is 11.2 Å². The second kappa shape index (κ2) is 9.67. The average molecular weight is 465 g/mol. The topological polar surface area (TPSA) is 66.7 Å². The predicted molar refractivity (Wildman–Crippen MR) is 135 cm³/mol. The monoisotopic (exact) mass is 464 g/mol. The van der Waals surface area contributed by atoms with Crippen LogP contribution in [0.1, 0.15) is 30.0 Å². The summed E-state index contributed by atoms with van der Waals surface area (Å²) >= 11 is 6.70. The van der Waals surface area contributed by atoms with Crippen molar-refractivity contribution in [3.8, 4) is 0 Å². The summed E-state index contributed by atoms with van der Waals surface area (Å²) < 4.78 is 2.03. The number of hydrogen-bond donors (Lipinski definition) is 1. The van der Waals surface area contributed by atoms with E-state index < -0.39 is 0 Å². The Bertz CT molecular complexity index is 1270. The SMILES string of the molecule is CCCNc1nc2c(C)cccn2c(=O)c1/C=C1\SC(=S)N(CCc2ccccc2)C1=O. The molecule has 0 radical (unpaired) electrons. The summed E-state index contributed by atoms with van der Waals surface area (Å²) in [5, 5.41) is 3.24. The first-order valence-electron chi connectivity index (χ1n) is 10.5. The number of aromatic nitrogens is 2. The fraction of sp³-hybridized carbons (Fsp3) is 0.250. The summed E-state index contributed by atoms with van der Waals surface area (Å²) in [6.45, 7) is 5.14. The lowest BCUT2D eigenvalue weighted by molar-refractivity contribution is -0.122. The minimum Gasteiger partial charge on any atom is -0.369 e. The number of anilines is 1. The van der Waals surface area contributed by atoms with Gasteiger partial charge in [-0.2, -0.15) is 0 Å². The van der Waals surface area contributed by atoms with Crippen LogP contribution < -0.4 is 10.9 Å². The number of rotatable bonds is 7. The van der Waals surface area contributed by atoms with E-state index >= 15 is 0 Å². The summed E-state index contributed by atoms with van der Waals surface area (Å²) in [5.41, 5.74) is 2.80. The highest BCUT2D eigenvalue weighted by Crippen LogP contribution is 2.33. The molecule has 1 aromatic carbocycles. The van der Waals surface area contributed by atoms with Gasteiger partial charge in [0.1, 0.15) is 15.8 Å². The molecule has 4 rings (SSSR count). The van der Waals surface area contributed by atoms with Crippen molar-refractivity contribution in [2.45, 2.75) is 26.7 Å². The lowest BCUT2D eigenvalue weighted by Crippen LogP contribution is -2.30. The quantitative estimate of drug-likeness (QED) is 0.416. The van der Waals surface area contributed by atoms with Crippen molar-refractivity contribution < 1.29 is 4.79 Å². The van der Waals surface area contributed by atoms with Crippen molar-refractivity contribution >= 4 is 51.7 Å². The average Bonchev–Trinajstić information content (AvgIpc) is 3.06. The van der Waals surface area contributed by atoms with Crippen LogP contribution in [0.5, 0.6) is 0 Å². The Kier molecular flexibility index (Phi) is 6.72. The molecule has 0 aliphatic carbocycles. The summed E-state index contributed by atoms with van der Waals surface area (Å²) in [6, 6.07) is 13.7. The second-order valence-electron chi connectivity index (χ2n) is 7.56. The molecule has 2 aromatic heterocycles. The smallest absolute Gasteiger partial charge is 0.267 e. The van der Waals surface area contributed by atoms with Gasteiger partial charge in [-0.1, -0.05) is 67.3 Å². The van der Waals surface area contributed by atoms with Gasteiger partial charge in [0.15, 0.2) is 0 Å². The van der Waals surface area contributed by atoms with E-state index in [1.165, 1.54) is 16.2 Å². The van der Waals surface area contributed by atoms with Gasteiger partial charge >= 0.3 is 0 Å². The molecule has 0 saturated carbocycles. The van der Waals surface area contributed by atoms with Crippen LogP contribution in [-0.4, -0.2) is 37.6 Å². The van der Waals surface area contributed by atoms with Gasteiger partial charge < -0.3 is 5.32 Å². The van der Waals surface area contributed by atoms with Gasteiger partial charge in [-0.05, 0) is 43.0 Å². The molecular formula is C24H24N4O2S2. The Morgan fingerprint density at radius 2 is 1.94 bits per heavy atom. The highest BCUT2D eigenvalue weighted by Gasteiger charge is 2.32. The number of pyridine rings is 1. The van der Waals surface area contributed by atoms with Crippen LogP contribution in [0.4, 0.5) is 5.82 Å². The van der Waals surface area contributed by atoms with Crippen LogP contribution in [0.15, 0.2) is 58.4 Å². The van der Waals surface area contributed by atoms with Crippen LogP contribution in [0.25, 0.3) is 11.7 Å². The molecule has 164 valence electrons. The number of aryl methyl sites for hydroxylation is 1. The molecule has 3 heterocycles. The normalized spacial score (nSPS) is 15.2. The molecule has 1 amide bonds. The van der Waals surface area contributed by atoms with E-state index in [4.69, 9.17) is 17.2 Å². The van der Waals surface area contributed by atoms with E-state index in [1.54, 1.807) is 17.2 Å². The van der Waals surface area contributed by atoms with Gasteiger partial charge in [0.05, 0.1) is 10.5 Å². The third-order valence-corrected chi connectivity index (χ3v) is 6.62. The number of fused-ring (bicyclic) bond motifs is 1. The Labute approximate surface area is 196 Å². The van der Waals surface area contributed by atoms with Crippen molar-refractivity contribution in [1.82, 2.24) is 14.3 Å². The van der Waals surface area contributed by atoms with Gasteiger partial charge in [0.25, 0.3) is 11.5 Å². The van der Waals surface area contributed by atoms with Crippen molar-refractivity contribution in [2.75, 3.05) is 18.4 Å². The summed E-state index contributed by atoms with van der Waals surface area (Å²) in [7, 11) is 0. The Balaban J connectivity index is 1.68. The molecule has 1 saturated heterocycles. The fourth-order valence-electron chi connectivity index (χ4n) is 3.53. The van der Waals surface area contributed by atoms with E-state index in [0.717, 1.165) is 17.5 Å². The van der Waals surface area contributed by atoms with Crippen molar-refractivity contribution in [3.05, 3.63) is 80.6 Å². The highest BCUT2D eigenvalue weighted by molar-refractivity contribution is 8.26. The first-order chi connectivity index (χ1) is 15.5. The molecule has 8 heteroatoms. The molecule has 0 atom stereocenters. The van der Waals surface area contributed by atoms with E-state index in [0.29, 0.717) is 45.8 Å². The standard InChI is InChI=1S/C24H24N4O2S2/c1-3-12-25-20-18(22(29)27-13-7-8-16(2)21(27)26-20)15-19-23(30)28(24(31)32-19)14-11-17-9-5-4-6-10-17/h4-10,13,15,25H,3,11-12,14H2,1-2H3/b19-15-. The number of thiocarbonyl (C=S) groups is 1. The maximum atomic E-state index is 13.3. The summed E-state index contributed by atoms with van der Waals surface area (Å²) in [6.07, 6.45) is 4.92. The number of amides is 1. The molecule has 3 aromatic rings. The van der Waals surface area contributed by atoms with Crippen LogP contribution in [0.2, 0.25) is 0 Å². The number of nitrogens with zero attached hydrogens (tertiary/aromatic N) is 3. The molecule has 1 fully saturated rings. The molecule has 1 N–H and O–H groups in total. The molecule has 0 unspecified atom stereocenters. The number of carbonyl (C=O) groups excluding carboxylic acids is 1. The first kappa shape index (κ1) is 22.2. The fourth-order valence-corrected chi connectivity index (χ4v) is 4.82. The maximum Gasteiger partial charge on any atom is 0.267 e. The van der Waals surface area contributed by atoms with E-state index in [1.807, 2.05) is 56.3 Å². The molecule has 6 nitrogen and oxygen atoms in total. The molecule has 1 aliphatic heterocycles. The van der Waals surface area contributed by atoms with E-state index in [9.17, 15) is 9.59 Å². The predicted octanol–water partition coefficient (Wildman–Crippen LogP) is 4.27. The third-order valence-electron chi connectivity index (χ3n) is 5.24. The molecule has 32 heavy (non-hydrogen) atoms. The minimum absolute atomic E-state index is 0.175. The van der Waals surface area contributed by atoms with Gasteiger partial charge in [0, 0.05) is 19.3 Å². The molecular weight excluding hydrogens is 440 g/mol. The van der Waals surface area contributed by atoms with E-state index in [2.05, 4.69) is 5.32 Å². The van der Waals surface area contributed by atoms with Crippen molar-refractivity contribution in [2.24, 2.45) is 0 Å². The number of benzene rings is 1. The van der Waals surface area contributed by atoms with Crippen LogP contribution in [0.3, 0.4) is 0 Å². The zero-order valence-electron chi connectivity index (χ0n) is 18.0. The van der Waals surface area contributed by atoms with E-state index in [-0.39, 0.29) is 11.5 Å². The molecule has 0 spiro atoms. The van der Waals surface area contributed by atoms with Gasteiger partial charge in [-0.3, -0.25) is 18.9 Å².